The van der Waals surface area contributed by atoms with Crippen LogP contribution in [-0.4, -0.2) is 42.5 Å². The molecule has 3 aromatic rings. The van der Waals surface area contributed by atoms with Gasteiger partial charge in [-0.2, -0.15) is 0 Å². The van der Waals surface area contributed by atoms with Crippen LogP contribution in [-0.2, 0) is 16.5 Å². The van der Waals surface area contributed by atoms with Crippen molar-refractivity contribution < 1.29 is 8.63 Å². The van der Waals surface area contributed by atoms with Gasteiger partial charge in [-0.05, 0) is 25.1 Å². The number of halogens is 1. The third-order valence-electron chi connectivity index (χ3n) is 4.11. The van der Waals surface area contributed by atoms with Gasteiger partial charge in [0.25, 0.3) is 5.89 Å². The molecule has 1 unspecified atom stereocenters. The van der Waals surface area contributed by atoms with Gasteiger partial charge in [-0.3, -0.25) is 9.29 Å². The lowest BCUT2D eigenvalue weighted by Crippen LogP contribution is -2.47. The number of rotatable bonds is 3. The predicted molar refractivity (Wildman–Crippen MR) is 106 cm³/mol. The van der Waals surface area contributed by atoms with Gasteiger partial charge >= 0.3 is 0 Å². The predicted octanol–water partition coefficient (Wildman–Crippen LogP) is 2.65. The quantitative estimate of drug-likeness (QED) is 0.694. The van der Waals surface area contributed by atoms with E-state index in [4.69, 9.17) is 21.8 Å². The summed E-state index contributed by atoms with van der Waals surface area (Å²) in [7, 11) is 0.365. The highest BCUT2D eigenvalue weighted by Crippen LogP contribution is 2.43. The third kappa shape index (κ3) is 3.24. The summed E-state index contributed by atoms with van der Waals surface area (Å²) in [5, 5.41) is 8.67. The van der Waals surface area contributed by atoms with Crippen LogP contribution in [0.1, 0.15) is 11.8 Å². The maximum atomic E-state index is 12.3. The van der Waals surface area contributed by atoms with Crippen molar-refractivity contribution in [2.45, 2.75) is 12.5 Å². The molecule has 4 rings (SSSR count). The molecule has 0 aliphatic carbocycles. The molecule has 0 saturated carbocycles. The number of hydrogen-bond acceptors (Lipinski definition) is 8. The van der Waals surface area contributed by atoms with Crippen molar-refractivity contribution >= 4 is 39.9 Å². The topological polar surface area (TPSA) is 110 Å². The van der Waals surface area contributed by atoms with Crippen molar-refractivity contribution in [2.75, 3.05) is 12.8 Å². The van der Waals surface area contributed by atoms with Crippen LogP contribution < -0.4 is 5.73 Å². The highest BCUT2D eigenvalue weighted by Gasteiger charge is 2.38. The smallest absolute Gasteiger partial charge is 0.258 e. The Morgan fingerprint density at radius 2 is 2.19 bits per heavy atom. The Hall–Kier alpha value is -2.30. The number of thiophene rings is 1. The number of aliphatic imine (C=N–C) groups is 1. The minimum atomic E-state index is -1.28. The molecule has 2 atom stereocenters. The second-order valence-corrected chi connectivity index (χ2v) is 9.09. The Kier molecular flexibility index (Phi) is 4.49. The molecule has 0 saturated heterocycles. The fraction of sp³-hybridized carbons (Fsp3) is 0.250. The van der Waals surface area contributed by atoms with E-state index in [0.29, 0.717) is 21.7 Å². The highest BCUT2D eigenvalue weighted by atomic mass is 35.5. The molecular formula is C16H15ClN6O2S2. The van der Waals surface area contributed by atoms with Crippen LogP contribution >= 0.6 is 22.9 Å². The molecule has 3 aromatic heterocycles. The Morgan fingerprint density at radius 3 is 2.89 bits per heavy atom. The first kappa shape index (κ1) is 18.1. The molecule has 11 heteroatoms. The van der Waals surface area contributed by atoms with Crippen LogP contribution in [0.2, 0.25) is 5.02 Å². The van der Waals surface area contributed by atoms with Crippen LogP contribution in [0.4, 0.5) is 0 Å². The molecule has 2 N–H and O–H groups in total. The zero-order chi connectivity index (χ0) is 19.2. The monoisotopic (exact) mass is 422 g/mol. The van der Waals surface area contributed by atoms with E-state index in [1.54, 1.807) is 31.6 Å². The van der Waals surface area contributed by atoms with Crippen LogP contribution in [0.3, 0.4) is 0 Å². The van der Waals surface area contributed by atoms with Crippen molar-refractivity contribution in [1.82, 2.24) is 19.5 Å². The fourth-order valence-corrected chi connectivity index (χ4v) is 5.46. The van der Waals surface area contributed by atoms with Gasteiger partial charge in [0.05, 0.1) is 26.1 Å². The van der Waals surface area contributed by atoms with Crippen LogP contribution in [0.5, 0.6) is 0 Å². The lowest BCUT2D eigenvalue weighted by Gasteiger charge is -2.33. The van der Waals surface area contributed by atoms with E-state index in [1.165, 1.54) is 15.6 Å². The fourth-order valence-electron chi connectivity index (χ4n) is 2.68. The summed E-state index contributed by atoms with van der Waals surface area (Å²) < 4.78 is 19.5. The molecule has 0 bridgehead atoms. The standard InChI is InChI=1S/C16H15ClN6O2S2/c1-16(8-27(24)23(2)15(18)20-16)12-10(17)6-11(26-12)14-22-21-13(25-14)9-4-3-5-19-7-9/h3-7H,8H2,1-2H3,(H2,18,20)/t16-,27?/m0/s1. The van der Waals surface area contributed by atoms with Crippen LogP contribution in [0, 0.1) is 0 Å². The molecule has 140 valence electrons. The largest absolute Gasteiger partial charge is 0.415 e. The zero-order valence-corrected chi connectivity index (χ0v) is 16.8. The summed E-state index contributed by atoms with van der Waals surface area (Å²) in [4.78, 5) is 10.0. The Bertz CT molecular complexity index is 1050. The van der Waals surface area contributed by atoms with Crippen molar-refractivity contribution in [3.63, 3.8) is 0 Å². The minimum absolute atomic E-state index is 0.213. The maximum absolute atomic E-state index is 12.3. The third-order valence-corrected chi connectivity index (χ3v) is 7.51. The van der Waals surface area contributed by atoms with Crippen LogP contribution in [0.25, 0.3) is 22.2 Å². The Morgan fingerprint density at radius 1 is 1.41 bits per heavy atom. The molecule has 4 heterocycles. The van der Waals surface area contributed by atoms with Crippen molar-refractivity contribution in [3.05, 3.63) is 40.5 Å². The second kappa shape index (κ2) is 6.70. The number of nitrogens with two attached hydrogens (primary N) is 1. The van der Waals surface area contributed by atoms with Gasteiger partial charge in [-0.1, -0.05) is 11.6 Å². The van der Waals surface area contributed by atoms with Crippen molar-refractivity contribution in [2.24, 2.45) is 10.7 Å². The Labute approximate surface area is 166 Å². The van der Waals surface area contributed by atoms with Gasteiger partial charge in [0, 0.05) is 19.4 Å². The minimum Gasteiger partial charge on any atom is -0.415 e. The summed E-state index contributed by atoms with van der Waals surface area (Å²) in [6.07, 6.45) is 3.32. The highest BCUT2D eigenvalue weighted by molar-refractivity contribution is 7.83. The summed E-state index contributed by atoms with van der Waals surface area (Å²) in [6.45, 7) is 1.86. The van der Waals surface area contributed by atoms with Crippen LogP contribution in [0.15, 0.2) is 40.0 Å². The van der Waals surface area contributed by atoms with E-state index >= 15 is 0 Å². The molecule has 0 radical (unpaired) electrons. The average Bonchev–Trinajstić information content (AvgIpc) is 3.27. The molecule has 27 heavy (non-hydrogen) atoms. The number of guanidine groups is 1. The van der Waals surface area contributed by atoms with Crippen molar-refractivity contribution in [3.8, 4) is 22.2 Å². The van der Waals surface area contributed by atoms with E-state index in [9.17, 15) is 4.21 Å². The van der Waals surface area contributed by atoms with E-state index < -0.39 is 16.5 Å². The van der Waals surface area contributed by atoms with E-state index in [0.717, 1.165) is 10.4 Å². The first-order valence-electron chi connectivity index (χ1n) is 7.89. The molecule has 0 aromatic carbocycles. The van der Waals surface area contributed by atoms with Gasteiger partial charge in [-0.25, -0.2) is 9.20 Å². The van der Waals surface area contributed by atoms with E-state index in [-0.39, 0.29) is 11.7 Å². The number of nitrogens with zero attached hydrogens (tertiary/aromatic N) is 5. The van der Waals surface area contributed by atoms with E-state index in [2.05, 4.69) is 20.2 Å². The van der Waals surface area contributed by atoms with Gasteiger partial charge in [0.1, 0.15) is 16.5 Å². The molecule has 0 spiro atoms. The number of pyridine rings is 1. The lowest BCUT2D eigenvalue weighted by molar-refractivity contribution is 0.524. The molecule has 1 aliphatic rings. The molecule has 8 nitrogen and oxygen atoms in total. The first-order valence-corrected chi connectivity index (χ1v) is 10.4. The first-order chi connectivity index (χ1) is 12.9. The summed E-state index contributed by atoms with van der Waals surface area (Å²) in [5.41, 5.74) is 5.86. The summed E-state index contributed by atoms with van der Waals surface area (Å²) in [5.74, 6) is 1.22. The Balaban J connectivity index is 1.71. The van der Waals surface area contributed by atoms with Gasteiger partial charge in [0.15, 0.2) is 0 Å². The molecule has 0 amide bonds. The van der Waals surface area contributed by atoms with E-state index in [1.807, 2.05) is 13.0 Å². The van der Waals surface area contributed by atoms with Gasteiger partial charge in [-0.15, -0.1) is 21.5 Å². The summed E-state index contributed by atoms with van der Waals surface area (Å²) >= 11 is 7.83. The van der Waals surface area contributed by atoms with Gasteiger partial charge in [0.2, 0.25) is 11.9 Å². The van der Waals surface area contributed by atoms with Crippen molar-refractivity contribution in [1.29, 1.82) is 0 Å². The normalized spacial score (nSPS) is 22.7. The molecule has 1 aliphatic heterocycles. The zero-order valence-electron chi connectivity index (χ0n) is 14.4. The average molecular weight is 423 g/mol. The number of aromatic nitrogens is 3. The summed E-state index contributed by atoms with van der Waals surface area (Å²) in [6, 6.07) is 5.38. The maximum Gasteiger partial charge on any atom is 0.258 e. The van der Waals surface area contributed by atoms with Gasteiger partial charge < -0.3 is 10.2 Å². The molecular weight excluding hydrogens is 408 g/mol. The SMILES string of the molecule is CN1C(N)=N[C@](C)(c2sc(-c3nnc(-c4cccnc4)o3)cc2Cl)CS1=O. The molecule has 0 fully saturated rings. The lowest BCUT2D eigenvalue weighted by atomic mass is 10.0. The second-order valence-electron chi connectivity index (χ2n) is 6.15. The number of hydrogen-bond donors (Lipinski definition) is 1.